The molecule has 0 spiro atoms. The van der Waals surface area contributed by atoms with Crippen molar-refractivity contribution in [3.63, 3.8) is 0 Å². The summed E-state index contributed by atoms with van der Waals surface area (Å²) in [5.74, 6) is 0.208. The zero-order chi connectivity index (χ0) is 15.5. The summed E-state index contributed by atoms with van der Waals surface area (Å²) in [5.41, 5.74) is 5.33. The van der Waals surface area contributed by atoms with Gasteiger partial charge in [0.05, 0.1) is 0 Å². The molecule has 0 N–H and O–H groups in total. The monoisotopic (exact) mass is 297 g/mol. The van der Waals surface area contributed by atoms with Gasteiger partial charge in [0.1, 0.15) is 5.82 Å². The fourth-order valence-electron chi connectivity index (χ4n) is 3.58. The van der Waals surface area contributed by atoms with Gasteiger partial charge in [0, 0.05) is 5.92 Å². The molecule has 0 saturated heterocycles. The summed E-state index contributed by atoms with van der Waals surface area (Å²) < 4.78 is 13.8. The minimum Gasteiger partial charge on any atom is -0.309 e. The predicted molar refractivity (Wildman–Crippen MR) is 89.9 cm³/mol. The summed E-state index contributed by atoms with van der Waals surface area (Å²) in [5, 5.41) is 0. The van der Waals surface area contributed by atoms with Gasteiger partial charge in [-0.15, -0.1) is 0 Å². The van der Waals surface area contributed by atoms with Crippen LogP contribution >= 0.6 is 0 Å². The molecule has 22 heavy (non-hydrogen) atoms. The molecule has 0 heterocycles. The Labute approximate surface area is 132 Å². The van der Waals surface area contributed by atoms with Gasteiger partial charge >= 0.3 is 0 Å². The lowest BCUT2D eigenvalue weighted by atomic mass is 9.84. The summed E-state index contributed by atoms with van der Waals surface area (Å²) >= 11 is 0. The molecule has 0 bridgehead atoms. The third kappa shape index (κ3) is 3.22. The van der Waals surface area contributed by atoms with Gasteiger partial charge in [0.25, 0.3) is 0 Å². The van der Waals surface area contributed by atoms with Crippen molar-refractivity contribution in [1.82, 2.24) is 4.90 Å². The summed E-state index contributed by atoms with van der Waals surface area (Å²) in [6, 6.07) is 14.0. The molecular formula is C20H24FN. The van der Waals surface area contributed by atoms with Crippen LogP contribution in [0, 0.1) is 5.82 Å². The fraction of sp³-hybridized carbons (Fsp3) is 0.400. The maximum Gasteiger partial charge on any atom is 0.123 e. The normalized spacial score (nSPS) is 17.0. The van der Waals surface area contributed by atoms with Crippen molar-refractivity contribution in [2.24, 2.45) is 0 Å². The van der Waals surface area contributed by atoms with E-state index in [0.29, 0.717) is 5.92 Å². The molecule has 2 aromatic carbocycles. The van der Waals surface area contributed by atoms with E-state index in [1.807, 2.05) is 6.07 Å². The number of rotatable bonds is 4. The molecule has 0 amide bonds. The van der Waals surface area contributed by atoms with Crippen LogP contribution in [0.4, 0.5) is 4.39 Å². The third-order valence-electron chi connectivity index (χ3n) is 4.68. The Morgan fingerprint density at radius 3 is 2.50 bits per heavy atom. The van der Waals surface area contributed by atoms with Crippen LogP contribution < -0.4 is 0 Å². The number of fused-ring (bicyclic) bond motifs is 2. The topological polar surface area (TPSA) is 3.24 Å². The number of hydrogen-bond acceptors (Lipinski definition) is 1. The Kier molecular flexibility index (Phi) is 4.58. The molecule has 3 rings (SSSR count). The zero-order valence-corrected chi connectivity index (χ0v) is 13.5. The Morgan fingerprint density at radius 2 is 1.73 bits per heavy atom. The van der Waals surface area contributed by atoms with Crippen LogP contribution in [0.2, 0.25) is 0 Å². The lowest BCUT2D eigenvalue weighted by Gasteiger charge is -2.21. The SMILES string of the molecule is CN(C)CCCC1c2ccccc2CCc2ccc(F)cc21. The molecule has 1 nitrogen and oxygen atoms in total. The van der Waals surface area contributed by atoms with E-state index in [4.69, 9.17) is 0 Å². The van der Waals surface area contributed by atoms with Gasteiger partial charge in [0.15, 0.2) is 0 Å². The average Bonchev–Trinajstić information content (AvgIpc) is 2.65. The molecule has 0 aromatic heterocycles. The van der Waals surface area contributed by atoms with Gasteiger partial charge in [-0.3, -0.25) is 0 Å². The molecule has 1 aliphatic rings. The second kappa shape index (κ2) is 6.62. The molecule has 2 aromatic rings. The highest BCUT2D eigenvalue weighted by atomic mass is 19.1. The van der Waals surface area contributed by atoms with E-state index < -0.39 is 0 Å². The lowest BCUT2D eigenvalue weighted by Crippen LogP contribution is -2.14. The standard InChI is InChI=1S/C20H24FN/c1-22(2)13-5-8-19-18-7-4-3-6-15(18)9-10-16-11-12-17(21)14-20(16)19/h3-4,6-7,11-12,14,19H,5,8-10,13H2,1-2H3. The van der Waals surface area contributed by atoms with Crippen LogP contribution in [-0.2, 0) is 12.8 Å². The van der Waals surface area contributed by atoms with Crippen LogP contribution in [0.25, 0.3) is 0 Å². The van der Waals surface area contributed by atoms with Crippen molar-refractivity contribution in [2.45, 2.75) is 31.6 Å². The van der Waals surface area contributed by atoms with Gasteiger partial charge < -0.3 is 4.90 Å². The molecular weight excluding hydrogens is 273 g/mol. The first kappa shape index (κ1) is 15.2. The first-order valence-corrected chi connectivity index (χ1v) is 8.16. The Hall–Kier alpha value is -1.67. The molecule has 0 aliphatic heterocycles. The first-order chi connectivity index (χ1) is 10.6. The van der Waals surface area contributed by atoms with E-state index in [9.17, 15) is 4.39 Å². The van der Waals surface area contributed by atoms with E-state index in [1.54, 1.807) is 12.1 Å². The van der Waals surface area contributed by atoms with Crippen LogP contribution in [0.5, 0.6) is 0 Å². The second-order valence-corrected chi connectivity index (χ2v) is 6.54. The zero-order valence-electron chi connectivity index (χ0n) is 13.5. The molecule has 2 heteroatoms. The molecule has 1 unspecified atom stereocenters. The largest absolute Gasteiger partial charge is 0.309 e. The van der Waals surface area contributed by atoms with Crippen LogP contribution in [0.3, 0.4) is 0 Å². The summed E-state index contributed by atoms with van der Waals surface area (Å²) in [6.45, 7) is 1.07. The number of halogens is 1. The van der Waals surface area contributed by atoms with Crippen molar-refractivity contribution < 1.29 is 4.39 Å². The number of benzene rings is 2. The van der Waals surface area contributed by atoms with Gasteiger partial charge in [-0.25, -0.2) is 4.39 Å². The maximum absolute atomic E-state index is 13.8. The average molecular weight is 297 g/mol. The summed E-state index contributed by atoms with van der Waals surface area (Å²) in [6.07, 6.45) is 4.27. The van der Waals surface area contributed by atoms with Crippen molar-refractivity contribution in [3.8, 4) is 0 Å². The number of aryl methyl sites for hydroxylation is 2. The highest BCUT2D eigenvalue weighted by Gasteiger charge is 2.23. The minimum atomic E-state index is -0.115. The van der Waals surface area contributed by atoms with Gasteiger partial charge in [0.2, 0.25) is 0 Å². The van der Waals surface area contributed by atoms with Crippen molar-refractivity contribution in [1.29, 1.82) is 0 Å². The molecule has 1 atom stereocenters. The predicted octanol–water partition coefficient (Wildman–Crippen LogP) is 4.40. The number of hydrogen-bond donors (Lipinski definition) is 0. The van der Waals surface area contributed by atoms with Gasteiger partial charge in [-0.2, -0.15) is 0 Å². The minimum absolute atomic E-state index is 0.115. The fourth-order valence-corrected chi connectivity index (χ4v) is 3.58. The second-order valence-electron chi connectivity index (χ2n) is 6.54. The van der Waals surface area contributed by atoms with Crippen LogP contribution in [-0.4, -0.2) is 25.5 Å². The Balaban J connectivity index is 1.98. The van der Waals surface area contributed by atoms with Crippen LogP contribution in [0.15, 0.2) is 42.5 Å². The van der Waals surface area contributed by atoms with Crippen molar-refractivity contribution >= 4 is 0 Å². The molecule has 116 valence electrons. The quantitative estimate of drug-likeness (QED) is 0.808. The molecule has 0 saturated carbocycles. The highest BCUT2D eigenvalue weighted by molar-refractivity contribution is 5.45. The van der Waals surface area contributed by atoms with Crippen molar-refractivity contribution in [2.75, 3.05) is 20.6 Å². The van der Waals surface area contributed by atoms with Gasteiger partial charge in [-0.05, 0) is 80.7 Å². The van der Waals surface area contributed by atoms with E-state index in [-0.39, 0.29) is 5.82 Å². The summed E-state index contributed by atoms with van der Waals surface area (Å²) in [7, 11) is 4.21. The number of nitrogens with zero attached hydrogens (tertiary/aromatic N) is 1. The Morgan fingerprint density at radius 1 is 1.00 bits per heavy atom. The van der Waals surface area contributed by atoms with E-state index in [2.05, 4.69) is 43.3 Å². The smallest absolute Gasteiger partial charge is 0.123 e. The molecule has 0 radical (unpaired) electrons. The van der Waals surface area contributed by atoms with Crippen molar-refractivity contribution in [3.05, 3.63) is 70.5 Å². The highest BCUT2D eigenvalue weighted by Crippen LogP contribution is 2.37. The molecule has 1 aliphatic carbocycles. The van der Waals surface area contributed by atoms with Gasteiger partial charge in [-0.1, -0.05) is 30.3 Å². The summed E-state index contributed by atoms with van der Waals surface area (Å²) in [4.78, 5) is 2.22. The Bertz CT molecular complexity index is 648. The first-order valence-electron chi connectivity index (χ1n) is 8.16. The third-order valence-corrected chi connectivity index (χ3v) is 4.68. The lowest BCUT2D eigenvalue weighted by molar-refractivity contribution is 0.389. The maximum atomic E-state index is 13.8. The van der Waals surface area contributed by atoms with Crippen LogP contribution in [0.1, 0.15) is 41.0 Å². The van der Waals surface area contributed by atoms with E-state index in [0.717, 1.165) is 32.2 Å². The van der Waals surface area contributed by atoms with E-state index in [1.165, 1.54) is 22.3 Å². The molecule has 0 fully saturated rings. The van der Waals surface area contributed by atoms with E-state index >= 15 is 0 Å².